The highest BCUT2D eigenvalue weighted by molar-refractivity contribution is 5.76. The van der Waals surface area contributed by atoms with E-state index < -0.39 is 12.1 Å². The Balaban J connectivity index is 3.45. The van der Waals surface area contributed by atoms with Gasteiger partial charge in [-0.2, -0.15) is 0 Å². The van der Waals surface area contributed by atoms with E-state index in [-0.39, 0.29) is 18.5 Å². The van der Waals surface area contributed by atoms with Gasteiger partial charge in [0.2, 0.25) is 5.91 Å². The summed E-state index contributed by atoms with van der Waals surface area (Å²) in [5, 5.41) is 23.2. The lowest BCUT2D eigenvalue weighted by Crippen LogP contribution is -2.45. The number of allylic oxidation sites excluding steroid dienone is 3. The second kappa shape index (κ2) is 63.9. The van der Waals surface area contributed by atoms with Crippen molar-refractivity contribution in [2.24, 2.45) is 0 Å². The van der Waals surface area contributed by atoms with Crippen LogP contribution in [0.4, 0.5) is 0 Å². The number of nitrogens with one attached hydrogen (secondary N) is 1. The summed E-state index contributed by atoms with van der Waals surface area (Å²) in [7, 11) is 0. The highest BCUT2D eigenvalue weighted by Crippen LogP contribution is 2.18. The Bertz CT molecular complexity index is 1150. The molecule has 0 spiro atoms. The van der Waals surface area contributed by atoms with Gasteiger partial charge < -0.3 is 20.3 Å². The van der Waals surface area contributed by atoms with Gasteiger partial charge in [-0.05, 0) is 57.8 Å². The van der Waals surface area contributed by atoms with Crippen molar-refractivity contribution in [2.75, 3.05) is 13.2 Å². The molecule has 3 N–H and O–H groups in total. The Morgan fingerprint density at radius 1 is 0.365 bits per heavy atom. The van der Waals surface area contributed by atoms with Crippen molar-refractivity contribution < 1.29 is 24.5 Å². The van der Waals surface area contributed by atoms with Gasteiger partial charge in [0.15, 0.2) is 0 Å². The van der Waals surface area contributed by atoms with Gasteiger partial charge in [0, 0.05) is 12.8 Å². The van der Waals surface area contributed by atoms with Crippen molar-refractivity contribution in [1.29, 1.82) is 0 Å². The zero-order valence-electron chi connectivity index (χ0n) is 50.1. The first kappa shape index (κ1) is 72.3. The number of amides is 1. The van der Waals surface area contributed by atoms with Gasteiger partial charge in [0.05, 0.1) is 25.4 Å². The molecule has 0 aliphatic rings. The Labute approximate surface area is 462 Å². The Morgan fingerprint density at radius 2 is 0.635 bits per heavy atom. The summed E-state index contributed by atoms with van der Waals surface area (Å²) in [6.45, 7) is 4.91. The van der Waals surface area contributed by atoms with Crippen molar-refractivity contribution in [3.63, 3.8) is 0 Å². The van der Waals surface area contributed by atoms with E-state index in [9.17, 15) is 19.8 Å². The molecule has 6 heteroatoms. The van der Waals surface area contributed by atoms with Crippen LogP contribution in [-0.4, -0.2) is 47.4 Å². The summed E-state index contributed by atoms with van der Waals surface area (Å²) >= 11 is 0. The van der Waals surface area contributed by atoms with E-state index in [0.29, 0.717) is 19.4 Å². The maximum Gasteiger partial charge on any atom is 0.305 e. The summed E-state index contributed by atoms with van der Waals surface area (Å²) in [6, 6.07) is -0.639. The molecule has 0 radical (unpaired) electrons. The van der Waals surface area contributed by atoms with Crippen molar-refractivity contribution in [3.05, 3.63) is 24.3 Å². The average Bonchev–Trinajstić information content (AvgIpc) is 3.40. The van der Waals surface area contributed by atoms with Crippen LogP contribution >= 0.6 is 0 Å². The number of carbonyl (C=O) groups is 2. The molecule has 0 aromatic carbocycles. The van der Waals surface area contributed by atoms with Crippen LogP contribution in [0.25, 0.3) is 0 Å². The van der Waals surface area contributed by atoms with E-state index in [0.717, 1.165) is 57.8 Å². The van der Waals surface area contributed by atoms with Gasteiger partial charge in [-0.1, -0.05) is 327 Å². The highest BCUT2D eigenvalue weighted by atomic mass is 16.5. The summed E-state index contributed by atoms with van der Waals surface area (Å²) < 4.78 is 5.49. The van der Waals surface area contributed by atoms with E-state index in [4.69, 9.17) is 4.74 Å². The second-order valence-electron chi connectivity index (χ2n) is 23.2. The van der Waals surface area contributed by atoms with Crippen LogP contribution in [0.5, 0.6) is 0 Å². The molecule has 0 aliphatic heterocycles. The van der Waals surface area contributed by atoms with E-state index >= 15 is 0 Å². The molecular weight excluding hydrogens is 911 g/mol. The lowest BCUT2D eigenvalue weighted by molar-refractivity contribution is -0.143. The molecule has 0 aromatic rings. The fourth-order valence-corrected chi connectivity index (χ4v) is 10.6. The minimum Gasteiger partial charge on any atom is -0.466 e. The predicted molar refractivity (Wildman–Crippen MR) is 324 cm³/mol. The first-order valence-electron chi connectivity index (χ1n) is 33.6. The summed E-state index contributed by atoms with van der Waals surface area (Å²) in [5.41, 5.74) is 0. The zero-order chi connectivity index (χ0) is 53.6. The maximum absolute atomic E-state index is 12.5. The number of rotatable bonds is 63. The fraction of sp³-hybridized carbons (Fsp3) is 0.912. The molecule has 0 fully saturated rings. The van der Waals surface area contributed by atoms with E-state index in [1.165, 1.54) is 289 Å². The highest BCUT2D eigenvalue weighted by Gasteiger charge is 2.18. The van der Waals surface area contributed by atoms with E-state index in [1.54, 1.807) is 6.08 Å². The predicted octanol–water partition coefficient (Wildman–Crippen LogP) is 21.4. The molecule has 0 rings (SSSR count). The number of carbonyl (C=O) groups excluding carboxylic acids is 2. The molecule has 0 heterocycles. The number of hydrogen-bond acceptors (Lipinski definition) is 5. The topological polar surface area (TPSA) is 95.9 Å². The monoisotopic (exact) mass is 1040 g/mol. The summed E-state index contributed by atoms with van der Waals surface area (Å²) in [4.78, 5) is 24.6. The Morgan fingerprint density at radius 3 is 0.959 bits per heavy atom. The molecule has 1 amide bonds. The van der Waals surface area contributed by atoms with Crippen molar-refractivity contribution >= 4 is 11.9 Å². The first-order chi connectivity index (χ1) is 36.5. The molecule has 6 nitrogen and oxygen atoms in total. The van der Waals surface area contributed by atoms with Crippen molar-refractivity contribution in [3.8, 4) is 0 Å². The Hall–Kier alpha value is -1.66. The third kappa shape index (κ3) is 59.6. The first-order valence-corrected chi connectivity index (χ1v) is 33.6. The van der Waals surface area contributed by atoms with Crippen LogP contribution in [0.3, 0.4) is 0 Å². The van der Waals surface area contributed by atoms with Gasteiger partial charge in [0.1, 0.15) is 0 Å². The normalized spacial score (nSPS) is 12.6. The molecule has 438 valence electrons. The van der Waals surface area contributed by atoms with Crippen LogP contribution in [0.2, 0.25) is 0 Å². The van der Waals surface area contributed by atoms with Crippen molar-refractivity contribution in [2.45, 2.75) is 386 Å². The molecular formula is C68H131NO5. The van der Waals surface area contributed by atoms with Crippen LogP contribution in [0.1, 0.15) is 373 Å². The molecule has 74 heavy (non-hydrogen) atoms. The molecule has 0 bridgehead atoms. The van der Waals surface area contributed by atoms with Gasteiger partial charge in [0.25, 0.3) is 0 Å². The second-order valence-corrected chi connectivity index (χ2v) is 23.2. The largest absolute Gasteiger partial charge is 0.466 e. The van der Waals surface area contributed by atoms with Gasteiger partial charge in [-0.3, -0.25) is 9.59 Å². The quantitative estimate of drug-likeness (QED) is 0.0320. The van der Waals surface area contributed by atoms with Gasteiger partial charge in [-0.15, -0.1) is 0 Å². The standard InChI is InChI=1S/C68H131NO5/c1-3-5-7-9-11-13-15-17-19-21-23-24-25-26-27-28-30-31-33-36-40-44-48-52-56-60-66(71)65(64-70)69-67(72)61-57-53-49-45-41-37-35-39-43-47-51-55-59-63-74-68(73)62-58-54-50-46-42-38-34-32-29-22-20-18-16-14-12-10-8-6-4-2/h18,20,56,60,65-66,70-71H,3-17,19,21-55,57-59,61-64H2,1-2H3,(H,69,72)/b20-18-,60-56+. The third-order valence-corrected chi connectivity index (χ3v) is 15.7. The molecule has 0 aliphatic carbocycles. The number of unbranched alkanes of at least 4 members (excludes halogenated alkanes) is 50. The molecule has 0 saturated heterocycles. The van der Waals surface area contributed by atoms with Gasteiger partial charge >= 0.3 is 5.97 Å². The lowest BCUT2D eigenvalue weighted by Gasteiger charge is -2.20. The minimum absolute atomic E-state index is 0.00606. The smallest absolute Gasteiger partial charge is 0.305 e. The number of hydrogen-bond donors (Lipinski definition) is 3. The fourth-order valence-electron chi connectivity index (χ4n) is 10.6. The average molecular weight is 1040 g/mol. The van der Waals surface area contributed by atoms with Crippen molar-refractivity contribution in [1.82, 2.24) is 5.32 Å². The van der Waals surface area contributed by atoms with Crippen LogP contribution in [0.15, 0.2) is 24.3 Å². The summed E-state index contributed by atoms with van der Waals surface area (Å²) in [6.07, 6.45) is 79.4. The van der Waals surface area contributed by atoms with E-state index in [1.807, 2.05) is 6.08 Å². The number of esters is 1. The van der Waals surface area contributed by atoms with Crippen LogP contribution < -0.4 is 5.32 Å². The molecule has 2 atom stereocenters. The lowest BCUT2D eigenvalue weighted by atomic mass is 10.0. The third-order valence-electron chi connectivity index (χ3n) is 15.7. The van der Waals surface area contributed by atoms with E-state index in [2.05, 4.69) is 31.3 Å². The molecule has 2 unspecified atom stereocenters. The summed E-state index contributed by atoms with van der Waals surface area (Å²) in [5.74, 6) is -0.0826. The number of aliphatic hydroxyl groups is 2. The Kier molecular flexibility index (Phi) is 62.4. The number of aliphatic hydroxyl groups excluding tert-OH is 2. The SMILES string of the molecule is CCCCCCCC/C=C\CCCCCCCCCCCC(=O)OCCCCCCCCCCCCCCCC(=O)NC(CO)C(O)/C=C/CCCCCCCCCCCCCCCCCCCCCCCCC. The zero-order valence-corrected chi connectivity index (χ0v) is 50.1. The molecule has 0 saturated carbocycles. The number of ether oxygens (including phenoxy) is 1. The minimum atomic E-state index is -0.855. The van der Waals surface area contributed by atoms with Gasteiger partial charge in [-0.25, -0.2) is 0 Å². The van der Waals surface area contributed by atoms with Crippen LogP contribution in [-0.2, 0) is 14.3 Å². The molecule has 0 aromatic heterocycles. The maximum atomic E-state index is 12.5. The van der Waals surface area contributed by atoms with Crippen LogP contribution in [0, 0.1) is 0 Å².